The zero-order valence-electron chi connectivity index (χ0n) is 14.8. The van der Waals surface area contributed by atoms with E-state index in [-0.39, 0.29) is 10.6 Å². The van der Waals surface area contributed by atoms with Crippen LogP contribution in [-0.4, -0.2) is 48.0 Å². The molecular formula is C18H23ClN4O2. The molecule has 0 N–H and O–H groups in total. The zero-order chi connectivity index (χ0) is 18.0. The van der Waals surface area contributed by atoms with E-state index in [0.29, 0.717) is 0 Å². The van der Waals surface area contributed by atoms with Crippen molar-refractivity contribution in [2.45, 2.75) is 13.5 Å². The lowest BCUT2D eigenvalue weighted by Gasteiger charge is -2.36. The van der Waals surface area contributed by atoms with Gasteiger partial charge in [-0.1, -0.05) is 29.3 Å². The van der Waals surface area contributed by atoms with Gasteiger partial charge in [0.1, 0.15) is 10.8 Å². The molecule has 0 saturated carbocycles. The van der Waals surface area contributed by atoms with E-state index in [2.05, 4.69) is 34.0 Å². The molecule has 2 heterocycles. The average molecular weight is 363 g/mol. The van der Waals surface area contributed by atoms with Gasteiger partial charge >= 0.3 is 0 Å². The molecule has 0 radical (unpaired) electrons. The van der Waals surface area contributed by atoms with Crippen LogP contribution < -0.4 is 15.2 Å². The Morgan fingerprint density at radius 1 is 1.24 bits per heavy atom. The van der Waals surface area contributed by atoms with Gasteiger partial charge in [0.15, 0.2) is 0 Å². The normalized spacial score (nSPS) is 15.4. The number of ether oxygens (including phenoxy) is 1. The smallest absolute Gasteiger partial charge is 0.287 e. The van der Waals surface area contributed by atoms with Gasteiger partial charge in [0, 0.05) is 45.3 Å². The maximum Gasteiger partial charge on any atom is 0.287 e. The minimum absolute atomic E-state index is 0.242. The molecule has 0 spiro atoms. The van der Waals surface area contributed by atoms with E-state index in [1.54, 1.807) is 20.4 Å². The van der Waals surface area contributed by atoms with E-state index in [1.165, 1.54) is 15.8 Å². The highest BCUT2D eigenvalue weighted by Gasteiger charge is 2.21. The van der Waals surface area contributed by atoms with Crippen LogP contribution in [0.25, 0.3) is 0 Å². The number of hydrogen-bond acceptors (Lipinski definition) is 5. The lowest BCUT2D eigenvalue weighted by atomic mass is 10.1. The first-order valence-electron chi connectivity index (χ1n) is 8.32. The van der Waals surface area contributed by atoms with Crippen LogP contribution >= 0.6 is 11.6 Å². The van der Waals surface area contributed by atoms with Crippen LogP contribution in [0.1, 0.15) is 11.1 Å². The van der Waals surface area contributed by atoms with Crippen LogP contribution in [-0.2, 0) is 13.6 Å². The largest absolute Gasteiger partial charge is 0.496 e. The molecule has 0 bridgehead atoms. The third-order valence-electron chi connectivity index (χ3n) is 4.60. The fraction of sp³-hybridized carbons (Fsp3) is 0.444. The van der Waals surface area contributed by atoms with Crippen molar-refractivity contribution in [1.29, 1.82) is 0 Å². The van der Waals surface area contributed by atoms with Crippen LogP contribution in [0.5, 0.6) is 5.75 Å². The topological polar surface area (TPSA) is 50.6 Å². The van der Waals surface area contributed by atoms with Gasteiger partial charge in [-0.25, -0.2) is 4.68 Å². The average Bonchev–Trinajstić information content (AvgIpc) is 2.61. The molecule has 1 fully saturated rings. The quantitative estimate of drug-likeness (QED) is 0.833. The van der Waals surface area contributed by atoms with Crippen LogP contribution in [0.4, 0.5) is 5.69 Å². The van der Waals surface area contributed by atoms with Gasteiger partial charge in [-0.3, -0.25) is 9.69 Å². The van der Waals surface area contributed by atoms with E-state index in [0.717, 1.165) is 44.2 Å². The predicted octanol–water partition coefficient (Wildman–Crippen LogP) is 2.07. The lowest BCUT2D eigenvalue weighted by Crippen LogP contribution is -2.46. The number of anilines is 1. The zero-order valence-corrected chi connectivity index (χ0v) is 15.6. The standard InChI is InChI=1S/C18H23ClN4O2/c1-13-4-5-16(25-3)14(10-13)12-22-6-8-23(9-7-22)15-11-20-21(2)18(24)17(15)19/h4-5,10-11H,6-9,12H2,1-3H3. The molecule has 3 rings (SSSR count). The van der Waals surface area contributed by atoms with Crippen molar-refractivity contribution in [2.75, 3.05) is 38.2 Å². The van der Waals surface area contributed by atoms with Crippen LogP contribution in [0, 0.1) is 6.92 Å². The molecule has 0 amide bonds. The van der Waals surface area contributed by atoms with E-state index >= 15 is 0 Å². The molecule has 1 saturated heterocycles. The van der Waals surface area contributed by atoms with E-state index < -0.39 is 0 Å². The first kappa shape index (κ1) is 17.8. The van der Waals surface area contributed by atoms with Gasteiger partial charge in [-0.05, 0) is 13.0 Å². The summed E-state index contributed by atoms with van der Waals surface area (Å²) in [7, 11) is 3.31. The van der Waals surface area contributed by atoms with E-state index in [9.17, 15) is 4.79 Å². The summed E-state index contributed by atoms with van der Waals surface area (Å²) in [6, 6.07) is 6.25. The molecule has 1 aromatic heterocycles. The number of methoxy groups -OCH3 is 1. The molecule has 2 aromatic rings. The number of rotatable bonds is 4. The maximum atomic E-state index is 12.0. The van der Waals surface area contributed by atoms with Crippen LogP contribution in [0.15, 0.2) is 29.2 Å². The Morgan fingerprint density at radius 2 is 1.96 bits per heavy atom. The number of hydrogen-bond donors (Lipinski definition) is 0. The number of nitrogens with zero attached hydrogens (tertiary/aromatic N) is 4. The number of piperazine rings is 1. The minimum Gasteiger partial charge on any atom is -0.496 e. The second-order valence-electron chi connectivity index (χ2n) is 6.35. The summed E-state index contributed by atoms with van der Waals surface area (Å²) in [6.45, 7) is 6.34. The predicted molar refractivity (Wildman–Crippen MR) is 99.7 cm³/mol. The van der Waals surface area contributed by atoms with Crippen molar-refractivity contribution in [2.24, 2.45) is 7.05 Å². The summed E-state index contributed by atoms with van der Waals surface area (Å²) in [5.41, 5.74) is 2.89. The second kappa shape index (κ2) is 7.45. The number of benzene rings is 1. The molecule has 7 heteroatoms. The second-order valence-corrected chi connectivity index (χ2v) is 6.73. The van der Waals surface area contributed by atoms with Gasteiger partial charge in [-0.15, -0.1) is 0 Å². The molecule has 6 nitrogen and oxygen atoms in total. The molecular weight excluding hydrogens is 340 g/mol. The highest BCUT2D eigenvalue weighted by molar-refractivity contribution is 6.33. The number of halogens is 1. The molecule has 1 aromatic carbocycles. The van der Waals surface area contributed by atoms with Crippen molar-refractivity contribution < 1.29 is 4.74 Å². The van der Waals surface area contributed by atoms with Crippen molar-refractivity contribution in [1.82, 2.24) is 14.7 Å². The first-order chi connectivity index (χ1) is 12.0. The van der Waals surface area contributed by atoms with Crippen LogP contribution in [0.3, 0.4) is 0 Å². The number of aryl methyl sites for hydroxylation is 2. The van der Waals surface area contributed by atoms with Crippen molar-refractivity contribution in [3.8, 4) is 5.75 Å². The third-order valence-corrected chi connectivity index (χ3v) is 4.96. The summed E-state index contributed by atoms with van der Waals surface area (Å²) < 4.78 is 6.73. The summed E-state index contributed by atoms with van der Waals surface area (Å²) in [6.07, 6.45) is 1.67. The molecule has 0 atom stereocenters. The van der Waals surface area contributed by atoms with Crippen molar-refractivity contribution in [3.05, 3.63) is 50.9 Å². The Morgan fingerprint density at radius 3 is 2.64 bits per heavy atom. The molecule has 0 unspecified atom stereocenters. The Kier molecular flexibility index (Phi) is 5.30. The SMILES string of the molecule is COc1ccc(C)cc1CN1CCN(c2cnn(C)c(=O)c2Cl)CC1. The summed E-state index contributed by atoms with van der Waals surface area (Å²) in [4.78, 5) is 16.5. The maximum absolute atomic E-state index is 12.0. The van der Waals surface area contributed by atoms with Gasteiger partial charge in [0.25, 0.3) is 5.56 Å². The Balaban J connectivity index is 1.68. The van der Waals surface area contributed by atoms with Crippen molar-refractivity contribution >= 4 is 17.3 Å². The fourth-order valence-electron chi connectivity index (χ4n) is 3.14. The monoisotopic (exact) mass is 362 g/mol. The highest BCUT2D eigenvalue weighted by Crippen LogP contribution is 2.25. The number of aromatic nitrogens is 2. The first-order valence-corrected chi connectivity index (χ1v) is 8.70. The molecule has 134 valence electrons. The Labute approximate surface area is 152 Å². The van der Waals surface area contributed by atoms with Gasteiger partial charge < -0.3 is 9.64 Å². The van der Waals surface area contributed by atoms with E-state index in [1.807, 2.05) is 6.07 Å². The molecule has 1 aliphatic rings. The fourth-order valence-corrected chi connectivity index (χ4v) is 3.43. The van der Waals surface area contributed by atoms with Crippen molar-refractivity contribution in [3.63, 3.8) is 0 Å². The Hall–Kier alpha value is -2.05. The van der Waals surface area contributed by atoms with Gasteiger partial charge in [-0.2, -0.15) is 5.10 Å². The molecule has 25 heavy (non-hydrogen) atoms. The van der Waals surface area contributed by atoms with Gasteiger partial charge in [0.05, 0.1) is 19.0 Å². The van der Waals surface area contributed by atoms with E-state index in [4.69, 9.17) is 16.3 Å². The summed E-state index contributed by atoms with van der Waals surface area (Å²) in [5, 5.41) is 4.32. The molecule has 0 aliphatic carbocycles. The lowest BCUT2D eigenvalue weighted by molar-refractivity contribution is 0.246. The highest BCUT2D eigenvalue weighted by atomic mass is 35.5. The van der Waals surface area contributed by atoms with Crippen LogP contribution in [0.2, 0.25) is 5.02 Å². The minimum atomic E-state index is -0.258. The van der Waals surface area contributed by atoms with Gasteiger partial charge in [0.2, 0.25) is 0 Å². The summed E-state index contributed by atoms with van der Waals surface area (Å²) in [5.74, 6) is 0.923. The Bertz CT molecular complexity index is 813. The third kappa shape index (κ3) is 3.80. The molecule has 1 aliphatic heterocycles. The summed E-state index contributed by atoms with van der Waals surface area (Å²) >= 11 is 6.21.